The molecule has 7 heteroatoms. The second kappa shape index (κ2) is 9.73. The molecule has 0 radical (unpaired) electrons. The molecule has 3 aromatic carbocycles. The van der Waals surface area contributed by atoms with Gasteiger partial charge in [-0.1, -0.05) is 30.3 Å². The van der Waals surface area contributed by atoms with Gasteiger partial charge in [0, 0.05) is 29.2 Å². The van der Waals surface area contributed by atoms with Crippen LogP contribution in [0.3, 0.4) is 0 Å². The number of nitrogens with zero attached hydrogens (tertiary/aromatic N) is 2. The average Bonchev–Trinajstić information content (AvgIpc) is 2.88. The second-order valence-corrected chi connectivity index (χ2v) is 9.32. The van der Waals surface area contributed by atoms with Gasteiger partial charge in [0.2, 0.25) is 5.91 Å². The zero-order valence-corrected chi connectivity index (χ0v) is 19.7. The van der Waals surface area contributed by atoms with E-state index in [1.165, 1.54) is 4.90 Å². The molecule has 1 aliphatic rings. The van der Waals surface area contributed by atoms with Gasteiger partial charge in [-0.2, -0.15) is 0 Å². The quantitative estimate of drug-likeness (QED) is 0.442. The summed E-state index contributed by atoms with van der Waals surface area (Å²) in [6.45, 7) is 0. The first-order chi connectivity index (χ1) is 16.6. The number of aryl methyl sites for hydroxylation is 1. The van der Waals surface area contributed by atoms with Crippen LogP contribution in [0.25, 0.3) is 16.7 Å². The molecule has 1 N–H and O–H groups in total. The molecule has 0 fully saturated rings. The lowest BCUT2D eigenvalue weighted by Gasteiger charge is -2.25. The number of hydrogen-bond donors (Lipinski definition) is 1. The summed E-state index contributed by atoms with van der Waals surface area (Å²) in [5.74, 6) is 1.62. The molecule has 0 aliphatic carbocycles. The number of nitrogens with one attached hydrogen (secondary N) is 1. The normalized spacial score (nSPS) is 15.0. The summed E-state index contributed by atoms with van der Waals surface area (Å²) in [5.41, 5.74) is 3.50. The van der Waals surface area contributed by atoms with Crippen LogP contribution in [0.1, 0.15) is 30.1 Å². The third kappa shape index (κ3) is 4.43. The van der Waals surface area contributed by atoms with E-state index in [1.807, 2.05) is 72.4 Å². The Morgan fingerprint density at radius 2 is 1.85 bits per heavy atom. The molecule has 0 bridgehead atoms. The van der Waals surface area contributed by atoms with Crippen molar-refractivity contribution in [3.05, 3.63) is 94.4 Å². The molecule has 0 spiro atoms. The molecule has 4 aromatic rings. The van der Waals surface area contributed by atoms with E-state index >= 15 is 0 Å². The molecule has 0 unspecified atom stereocenters. The topological polar surface area (TPSA) is 73.2 Å². The number of methoxy groups -OCH3 is 1. The molecule has 1 amide bonds. The van der Waals surface area contributed by atoms with Crippen LogP contribution in [0.4, 0.5) is 0 Å². The standard InChI is InChI=1S/C27H25N3O3S/c1-33-19-12-10-18(11-13-19)30-24-8-4-3-7-22(24)28-23(27(30)32)14-15-26(31)29-21-16-17-34-25-9-5-2-6-20(21)25/h2-13,21H,14-17H2,1H3,(H,29,31)/t21-/m1/s1. The van der Waals surface area contributed by atoms with Crippen molar-refractivity contribution >= 4 is 28.7 Å². The summed E-state index contributed by atoms with van der Waals surface area (Å²) in [6, 6.07) is 23.1. The predicted octanol–water partition coefficient (Wildman–Crippen LogP) is 4.68. The fraction of sp³-hybridized carbons (Fsp3) is 0.222. The Labute approximate surface area is 202 Å². The molecule has 5 rings (SSSR count). The molecular formula is C27H25N3O3S. The van der Waals surface area contributed by atoms with E-state index in [0.717, 1.165) is 34.7 Å². The van der Waals surface area contributed by atoms with Crippen molar-refractivity contribution < 1.29 is 9.53 Å². The second-order valence-electron chi connectivity index (χ2n) is 8.18. The molecule has 1 aromatic heterocycles. The lowest BCUT2D eigenvalue weighted by Crippen LogP contribution is -2.32. The lowest BCUT2D eigenvalue weighted by atomic mass is 10.0. The first kappa shape index (κ1) is 22.2. The van der Waals surface area contributed by atoms with Gasteiger partial charge >= 0.3 is 0 Å². The molecule has 6 nitrogen and oxygen atoms in total. The Bertz CT molecular complexity index is 1400. The maximum absolute atomic E-state index is 13.4. The summed E-state index contributed by atoms with van der Waals surface area (Å²) in [6.07, 6.45) is 1.37. The van der Waals surface area contributed by atoms with Crippen molar-refractivity contribution in [3.8, 4) is 11.4 Å². The van der Waals surface area contributed by atoms with Crippen molar-refractivity contribution in [2.24, 2.45) is 0 Å². The number of aromatic nitrogens is 2. The van der Waals surface area contributed by atoms with Crippen LogP contribution in [0, 0.1) is 0 Å². The van der Waals surface area contributed by atoms with E-state index in [4.69, 9.17) is 4.74 Å². The van der Waals surface area contributed by atoms with E-state index in [0.29, 0.717) is 11.2 Å². The van der Waals surface area contributed by atoms with E-state index in [1.54, 1.807) is 11.7 Å². The predicted molar refractivity (Wildman–Crippen MR) is 135 cm³/mol. The number of benzene rings is 3. The maximum atomic E-state index is 13.4. The molecule has 2 heterocycles. The Hall–Kier alpha value is -3.58. The number of thioether (sulfide) groups is 1. The molecule has 0 saturated carbocycles. The Morgan fingerprint density at radius 1 is 1.09 bits per heavy atom. The van der Waals surface area contributed by atoms with Crippen molar-refractivity contribution in [3.63, 3.8) is 0 Å². The van der Waals surface area contributed by atoms with Gasteiger partial charge in [0.1, 0.15) is 11.4 Å². The fourth-order valence-corrected chi connectivity index (χ4v) is 5.45. The highest BCUT2D eigenvalue weighted by Gasteiger charge is 2.22. The molecule has 0 saturated heterocycles. The van der Waals surface area contributed by atoms with Crippen LogP contribution >= 0.6 is 11.8 Å². The van der Waals surface area contributed by atoms with Crippen molar-refractivity contribution in [1.29, 1.82) is 0 Å². The molecule has 1 atom stereocenters. The number of rotatable bonds is 6. The molecule has 1 aliphatic heterocycles. The number of hydrogen-bond acceptors (Lipinski definition) is 5. The Balaban J connectivity index is 1.40. The summed E-state index contributed by atoms with van der Waals surface area (Å²) in [5, 5.41) is 3.16. The highest BCUT2D eigenvalue weighted by atomic mass is 32.2. The van der Waals surface area contributed by atoms with Crippen LogP contribution < -0.4 is 15.6 Å². The van der Waals surface area contributed by atoms with Crippen molar-refractivity contribution in [2.45, 2.75) is 30.2 Å². The van der Waals surface area contributed by atoms with Gasteiger partial charge in [0.25, 0.3) is 5.56 Å². The monoisotopic (exact) mass is 471 g/mol. The van der Waals surface area contributed by atoms with Gasteiger partial charge in [-0.3, -0.25) is 14.2 Å². The van der Waals surface area contributed by atoms with Gasteiger partial charge in [0.05, 0.1) is 24.2 Å². The van der Waals surface area contributed by atoms with E-state index in [-0.39, 0.29) is 30.3 Å². The minimum absolute atomic E-state index is 0.00506. The lowest BCUT2D eigenvalue weighted by molar-refractivity contribution is -0.121. The van der Waals surface area contributed by atoms with Crippen LogP contribution in [-0.2, 0) is 11.2 Å². The van der Waals surface area contributed by atoms with Gasteiger partial charge in [-0.05, 0) is 54.4 Å². The number of carbonyl (C=O) groups excluding carboxylic acids is 1. The van der Waals surface area contributed by atoms with E-state index in [2.05, 4.69) is 22.4 Å². The third-order valence-corrected chi connectivity index (χ3v) is 7.16. The number of ether oxygens (including phenoxy) is 1. The average molecular weight is 472 g/mol. The number of amides is 1. The van der Waals surface area contributed by atoms with Gasteiger partial charge in [-0.15, -0.1) is 11.8 Å². The van der Waals surface area contributed by atoms with E-state index in [9.17, 15) is 9.59 Å². The van der Waals surface area contributed by atoms with Crippen molar-refractivity contribution in [2.75, 3.05) is 12.9 Å². The van der Waals surface area contributed by atoms with Crippen molar-refractivity contribution in [1.82, 2.24) is 14.9 Å². The van der Waals surface area contributed by atoms with Crippen LogP contribution in [0.15, 0.2) is 82.5 Å². The molecular weight excluding hydrogens is 446 g/mol. The highest BCUT2D eigenvalue weighted by molar-refractivity contribution is 7.99. The number of carbonyl (C=O) groups is 1. The first-order valence-electron chi connectivity index (χ1n) is 11.3. The van der Waals surface area contributed by atoms with Gasteiger partial charge in [0.15, 0.2) is 0 Å². The summed E-state index contributed by atoms with van der Waals surface area (Å²) >= 11 is 1.82. The van der Waals surface area contributed by atoms with Crippen LogP contribution in [0.2, 0.25) is 0 Å². The Morgan fingerprint density at radius 3 is 2.68 bits per heavy atom. The fourth-order valence-electron chi connectivity index (χ4n) is 4.32. The third-order valence-electron chi connectivity index (χ3n) is 6.04. The summed E-state index contributed by atoms with van der Waals surface area (Å²) < 4.78 is 6.91. The Kier molecular flexibility index (Phi) is 6.36. The summed E-state index contributed by atoms with van der Waals surface area (Å²) in [7, 11) is 1.61. The van der Waals surface area contributed by atoms with Gasteiger partial charge in [-0.25, -0.2) is 4.98 Å². The highest BCUT2D eigenvalue weighted by Crippen LogP contribution is 2.35. The zero-order chi connectivity index (χ0) is 23.5. The smallest absolute Gasteiger partial charge is 0.277 e. The van der Waals surface area contributed by atoms with Crippen LogP contribution in [0.5, 0.6) is 5.75 Å². The van der Waals surface area contributed by atoms with Crippen LogP contribution in [-0.4, -0.2) is 28.3 Å². The van der Waals surface area contributed by atoms with Gasteiger partial charge < -0.3 is 10.1 Å². The number of fused-ring (bicyclic) bond motifs is 2. The zero-order valence-electron chi connectivity index (χ0n) is 18.9. The summed E-state index contributed by atoms with van der Waals surface area (Å²) in [4.78, 5) is 32.1. The SMILES string of the molecule is COc1ccc(-n2c(=O)c(CCC(=O)N[C@@H]3CCSc4ccccc43)nc3ccccc32)cc1. The number of para-hydroxylation sites is 2. The minimum atomic E-state index is -0.212. The molecule has 34 heavy (non-hydrogen) atoms. The minimum Gasteiger partial charge on any atom is -0.497 e. The largest absolute Gasteiger partial charge is 0.497 e. The first-order valence-corrected chi connectivity index (χ1v) is 12.3. The van der Waals surface area contributed by atoms with E-state index < -0.39 is 0 Å². The molecule has 172 valence electrons. The maximum Gasteiger partial charge on any atom is 0.277 e.